The average molecular weight is 399 g/mol. The molecule has 0 saturated heterocycles. The van der Waals surface area contributed by atoms with Crippen LogP contribution in [0.1, 0.15) is 11.1 Å². The van der Waals surface area contributed by atoms with Crippen LogP contribution < -0.4 is 10.1 Å². The topological polar surface area (TPSA) is 112 Å². The molecule has 140 valence electrons. The molecular weight excluding hydrogens is 386 g/mol. The molecule has 0 aliphatic rings. The Morgan fingerprint density at radius 1 is 1.03 bits per heavy atom. The third kappa shape index (κ3) is 3.68. The Hall–Kier alpha value is -4.08. The van der Waals surface area contributed by atoms with Crippen molar-refractivity contribution in [3.8, 4) is 23.6 Å². The Bertz CT molecular complexity index is 1250. The number of nitrogens with zero attached hydrogens (tertiary/aromatic N) is 6. The summed E-state index contributed by atoms with van der Waals surface area (Å²) in [6.45, 7) is 0. The van der Waals surface area contributed by atoms with Gasteiger partial charge in [-0.2, -0.15) is 10.5 Å². The van der Waals surface area contributed by atoms with Crippen molar-refractivity contribution >= 4 is 28.9 Å². The van der Waals surface area contributed by atoms with Crippen LogP contribution in [0.3, 0.4) is 0 Å². The minimum Gasteiger partial charge on any atom is -0.457 e. The van der Waals surface area contributed by atoms with Crippen molar-refractivity contribution in [3.05, 3.63) is 66.1 Å². The summed E-state index contributed by atoms with van der Waals surface area (Å²) in [4.78, 5) is 8.37. The predicted octanol–water partition coefficient (Wildman–Crippen LogP) is 4.13. The van der Waals surface area contributed by atoms with E-state index in [9.17, 15) is 10.5 Å². The molecule has 0 unspecified atom stereocenters. The number of aromatic nitrogens is 4. The Morgan fingerprint density at radius 3 is 2.41 bits per heavy atom. The maximum absolute atomic E-state index is 9.60. The van der Waals surface area contributed by atoms with E-state index in [1.807, 2.05) is 30.5 Å². The van der Waals surface area contributed by atoms with E-state index in [1.165, 1.54) is 16.3 Å². The molecule has 3 aromatic heterocycles. The number of anilines is 2. The van der Waals surface area contributed by atoms with E-state index in [0.29, 0.717) is 39.1 Å². The van der Waals surface area contributed by atoms with E-state index in [1.54, 1.807) is 30.7 Å². The summed E-state index contributed by atoms with van der Waals surface area (Å²) in [5, 5.41) is 26.9. The normalized spacial score (nSPS) is 10.3. The van der Waals surface area contributed by atoms with Crippen LogP contribution in [0.5, 0.6) is 11.5 Å². The SMILES string of the molecule is CSc1nc2c(C#N)c(Nc3ccc(Oc4ccncc4)cc3)nn2cc1C#N. The lowest BCUT2D eigenvalue weighted by Gasteiger charge is -2.07. The molecule has 9 heteroatoms. The number of thioether (sulfide) groups is 1. The first-order valence-corrected chi connectivity index (χ1v) is 9.67. The second-order valence-corrected chi connectivity index (χ2v) is 6.61. The molecular formula is C20H13N7OS. The zero-order chi connectivity index (χ0) is 20.2. The van der Waals surface area contributed by atoms with Gasteiger partial charge in [-0.1, -0.05) is 0 Å². The molecule has 29 heavy (non-hydrogen) atoms. The van der Waals surface area contributed by atoms with Gasteiger partial charge in [0.05, 0.1) is 6.20 Å². The average Bonchev–Trinajstić information content (AvgIpc) is 3.10. The number of benzene rings is 1. The fourth-order valence-corrected chi connectivity index (χ4v) is 3.16. The van der Waals surface area contributed by atoms with Crippen LogP contribution in [0.2, 0.25) is 0 Å². The maximum Gasteiger partial charge on any atom is 0.176 e. The zero-order valence-electron chi connectivity index (χ0n) is 15.2. The molecule has 0 aliphatic heterocycles. The van der Waals surface area contributed by atoms with E-state index in [0.717, 1.165) is 5.69 Å². The number of hydrogen-bond donors (Lipinski definition) is 1. The summed E-state index contributed by atoms with van der Waals surface area (Å²) in [7, 11) is 0. The largest absolute Gasteiger partial charge is 0.457 e. The van der Waals surface area contributed by atoms with E-state index < -0.39 is 0 Å². The van der Waals surface area contributed by atoms with Crippen molar-refractivity contribution in [1.29, 1.82) is 10.5 Å². The number of rotatable bonds is 5. The molecule has 0 amide bonds. The van der Waals surface area contributed by atoms with E-state index in [-0.39, 0.29) is 0 Å². The van der Waals surface area contributed by atoms with Crippen molar-refractivity contribution < 1.29 is 4.74 Å². The molecule has 0 saturated carbocycles. The molecule has 4 rings (SSSR count). The van der Waals surface area contributed by atoms with Crippen molar-refractivity contribution in [2.45, 2.75) is 5.03 Å². The second-order valence-electron chi connectivity index (χ2n) is 5.81. The van der Waals surface area contributed by atoms with Crippen LogP contribution in [0.4, 0.5) is 11.5 Å². The molecule has 0 bridgehead atoms. The zero-order valence-corrected chi connectivity index (χ0v) is 16.0. The Balaban J connectivity index is 1.62. The summed E-state index contributed by atoms with van der Waals surface area (Å²) in [5.74, 6) is 1.73. The number of hydrogen-bond acceptors (Lipinski definition) is 8. The Labute approximate surface area is 170 Å². The van der Waals surface area contributed by atoms with E-state index in [2.05, 4.69) is 32.5 Å². The van der Waals surface area contributed by atoms with Crippen molar-refractivity contribution in [2.24, 2.45) is 0 Å². The highest BCUT2D eigenvalue weighted by molar-refractivity contribution is 7.98. The van der Waals surface area contributed by atoms with Gasteiger partial charge in [-0.05, 0) is 42.7 Å². The van der Waals surface area contributed by atoms with Crippen LogP contribution in [0, 0.1) is 22.7 Å². The number of ether oxygens (including phenoxy) is 1. The van der Waals surface area contributed by atoms with Gasteiger partial charge in [-0.3, -0.25) is 4.98 Å². The molecule has 3 heterocycles. The van der Waals surface area contributed by atoms with Crippen molar-refractivity contribution in [2.75, 3.05) is 11.6 Å². The Kier molecular flexibility index (Phi) is 4.97. The molecule has 0 radical (unpaired) electrons. The van der Waals surface area contributed by atoms with Gasteiger partial charge in [0.2, 0.25) is 0 Å². The summed E-state index contributed by atoms with van der Waals surface area (Å²) >= 11 is 1.35. The highest BCUT2D eigenvalue weighted by Gasteiger charge is 2.17. The molecule has 1 N–H and O–H groups in total. The van der Waals surface area contributed by atoms with Gasteiger partial charge in [0.1, 0.15) is 39.8 Å². The minimum atomic E-state index is 0.307. The van der Waals surface area contributed by atoms with Crippen molar-refractivity contribution in [1.82, 2.24) is 19.6 Å². The van der Waals surface area contributed by atoms with Crippen LogP contribution in [-0.4, -0.2) is 25.8 Å². The maximum atomic E-state index is 9.60. The molecule has 1 aromatic carbocycles. The number of nitriles is 2. The first kappa shape index (κ1) is 18.3. The van der Waals surface area contributed by atoms with Gasteiger partial charge < -0.3 is 10.1 Å². The summed E-state index contributed by atoms with van der Waals surface area (Å²) in [6.07, 6.45) is 6.72. The molecule has 0 aliphatic carbocycles. The molecule has 0 spiro atoms. The Morgan fingerprint density at radius 2 is 1.76 bits per heavy atom. The molecule has 8 nitrogen and oxygen atoms in total. The fraction of sp³-hybridized carbons (Fsp3) is 0.0500. The van der Waals surface area contributed by atoms with Gasteiger partial charge in [-0.25, -0.2) is 9.50 Å². The first-order chi connectivity index (χ1) is 14.2. The van der Waals surface area contributed by atoms with E-state index in [4.69, 9.17) is 4.74 Å². The lowest BCUT2D eigenvalue weighted by Crippen LogP contribution is -1.96. The smallest absolute Gasteiger partial charge is 0.176 e. The molecule has 0 atom stereocenters. The summed E-state index contributed by atoms with van der Waals surface area (Å²) in [5.41, 5.74) is 1.84. The monoisotopic (exact) mass is 399 g/mol. The fourth-order valence-electron chi connectivity index (χ4n) is 2.66. The highest BCUT2D eigenvalue weighted by atomic mass is 32.2. The van der Waals surface area contributed by atoms with Gasteiger partial charge in [-0.15, -0.1) is 16.9 Å². The minimum absolute atomic E-state index is 0.307. The van der Waals surface area contributed by atoms with Crippen LogP contribution in [0.25, 0.3) is 5.65 Å². The number of nitrogens with one attached hydrogen (secondary N) is 1. The van der Waals surface area contributed by atoms with E-state index >= 15 is 0 Å². The van der Waals surface area contributed by atoms with Gasteiger partial charge >= 0.3 is 0 Å². The third-order valence-corrected chi connectivity index (χ3v) is 4.70. The van der Waals surface area contributed by atoms with Crippen LogP contribution in [-0.2, 0) is 0 Å². The lowest BCUT2D eigenvalue weighted by atomic mass is 10.2. The first-order valence-electron chi connectivity index (χ1n) is 8.44. The summed E-state index contributed by atoms with van der Waals surface area (Å²) < 4.78 is 7.19. The quantitative estimate of drug-likeness (QED) is 0.394. The third-order valence-electron chi connectivity index (χ3n) is 4.00. The standard InChI is InChI=1S/C20H13N7OS/c1-29-20-13(10-21)12-27-19(25-20)17(11-22)18(26-27)24-14-2-4-15(5-3-14)28-16-6-8-23-9-7-16/h2-9,12H,1H3,(H,24,26). The van der Waals surface area contributed by atoms with Gasteiger partial charge in [0.15, 0.2) is 11.5 Å². The van der Waals surface area contributed by atoms with Crippen LogP contribution in [0.15, 0.2) is 60.0 Å². The number of fused-ring (bicyclic) bond motifs is 1. The highest BCUT2D eigenvalue weighted by Crippen LogP contribution is 2.27. The lowest BCUT2D eigenvalue weighted by molar-refractivity contribution is 0.482. The number of pyridine rings is 1. The van der Waals surface area contributed by atoms with Gasteiger partial charge in [0, 0.05) is 18.1 Å². The van der Waals surface area contributed by atoms with Crippen molar-refractivity contribution in [3.63, 3.8) is 0 Å². The molecule has 4 aromatic rings. The van der Waals surface area contributed by atoms with Crippen LogP contribution >= 0.6 is 11.8 Å². The second kappa shape index (κ2) is 7.89. The summed E-state index contributed by atoms with van der Waals surface area (Å²) in [6, 6.07) is 15.0. The van der Waals surface area contributed by atoms with Gasteiger partial charge in [0.25, 0.3) is 0 Å². The molecule has 0 fully saturated rings. The predicted molar refractivity (Wildman–Crippen MR) is 108 cm³/mol.